The first-order valence-electron chi connectivity index (χ1n) is 11.6. The summed E-state index contributed by atoms with van der Waals surface area (Å²) in [6, 6.07) is 7.97. The van der Waals surface area contributed by atoms with Crippen LogP contribution in [0.3, 0.4) is 0 Å². The smallest absolute Gasteiger partial charge is 0.253 e. The van der Waals surface area contributed by atoms with Gasteiger partial charge in [0, 0.05) is 44.3 Å². The van der Waals surface area contributed by atoms with Gasteiger partial charge in [0.15, 0.2) is 5.96 Å². The van der Waals surface area contributed by atoms with E-state index in [0.29, 0.717) is 6.54 Å². The van der Waals surface area contributed by atoms with Crippen LogP contribution in [0, 0.1) is 0 Å². The van der Waals surface area contributed by atoms with Crippen molar-refractivity contribution in [3.63, 3.8) is 0 Å². The summed E-state index contributed by atoms with van der Waals surface area (Å²) in [4.78, 5) is 21.5. The van der Waals surface area contributed by atoms with E-state index in [9.17, 15) is 4.79 Å². The van der Waals surface area contributed by atoms with Gasteiger partial charge < -0.3 is 15.5 Å². The van der Waals surface area contributed by atoms with Crippen LogP contribution in [0.4, 0.5) is 0 Å². The largest absolute Gasteiger partial charge is 0.355 e. The minimum Gasteiger partial charge on any atom is -0.355 e. The summed E-state index contributed by atoms with van der Waals surface area (Å²) < 4.78 is 0. The Bertz CT molecular complexity index is 701. The van der Waals surface area contributed by atoms with Gasteiger partial charge in [-0.3, -0.25) is 14.7 Å². The lowest BCUT2D eigenvalue weighted by Crippen LogP contribution is -2.54. The fourth-order valence-electron chi connectivity index (χ4n) is 4.36. The average Bonchev–Trinajstić information content (AvgIpc) is 2.80. The molecule has 2 N–H and O–H groups in total. The van der Waals surface area contributed by atoms with Gasteiger partial charge in [-0.25, -0.2) is 0 Å². The van der Waals surface area contributed by atoms with Crippen LogP contribution in [0.2, 0.25) is 0 Å². The van der Waals surface area contributed by atoms with Gasteiger partial charge in [0.25, 0.3) is 5.91 Å². The number of nitrogens with zero attached hydrogens (tertiary/aromatic N) is 3. The molecule has 166 valence electrons. The van der Waals surface area contributed by atoms with Crippen LogP contribution in [-0.4, -0.2) is 67.0 Å². The maximum absolute atomic E-state index is 12.6. The zero-order valence-electron chi connectivity index (χ0n) is 19.0. The molecule has 2 aliphatic heterocycles. The zero-order valence-corrected chi connectivity index (χ0v) is 19.0. The first kappa shape index (κ1) is 22.6. The molecule has 2 fully saturated rings. The maximum atomic E-state index is 12.6. The monoisotopic (exact) mass is 413 g/mol. The second-order valence-corrected chi connectivity index (χ2v) is 9.19. The SMILES string of the molecule is CN=C(NCc1ccc(C(=O)N2CCCCC2)cc1)NCC(C)(C)N1CCCCC1. The van der Waals surface area contributed by atoms with Crippen molar-refractivity contribution in [2.75, 3.05) is 39.8 Å². The van der Waals surface area contributed by atoms with E-state index < -0.39 is 0 Å². The normalized spacial score (nSPS) is 18.9. The molecule has 1 aromatic carbocycles. The number of hydrogen-bond acceptors (Lipinski definition) is 3. The van der Waals surface area contributed by atoms with Crippen LogP contribution in [0.25, 0.3) is 0 Å². The molecule has 0 saturated carbocycles. The van der Waals surface area contributed by atoms with E-state index in [-0.39, 0.29) is 11.4 Å². The van der Waals surface area contributed by atoms with Crippen molar-refractivity contribution in [3.8, 4) is 0 Å². The third-order valence-electron chi connectivity index (χ3n) is 6.43. The summed E-state index contributed by atoms with van der Waals surface area (Å²) >= 11 is 0. The molecule has 0 unspecified atom stereocenters. The molecule has 1 aromatic rings. The molecule has 0 aliphatic carbocycles. The van der Waals surface area contributed by atoms with Gasteiger partial charge in [-0.05, 0) is 76.7 Å². The molecule has 3 rings (SSSR count). The molecular weight excluding hydrogens is 374 g/mol. The molecule has 0 atom stereocenters. The molecule has 6 nitrogen and oxygen atoms in total. The second kappa shape index (κ2) is 10.8. The molecule has 1 amide bonds. The molecule has 0 bridgehead atoms. The van der Waals surface area contributed by atoms with Crippen molar-refractivity contribution in [1.82, 2.24) is 20.4 Å². The molecule has 2 aliphatic rings. The number of carbonyl (C=O) groups excluding carboxylic acids is 1. The minimum absolute atomic E-state index is 0.106. The lowest BCUT2D eigenvalue weighted by Gasteiger charge is -2.41. The van der Waals surface area contributed by atoms with E-state index in [1.165, 1.54) is 38.8 Å². The van der Waals surface area contributed by atoms with Crippen molar-refractivity contribution in [2.24, 2.45) is 4.99 Å². The van der Waals surface area contributed by atoms with E-state index >= 15 is 0 Å². The number of benzene rings is 1. The Balaban J connectivity index is 1.47. The van der Waals surface area contributed by atoms with Crippen LogP contribution in [0.5, 0.6) is 0 Å². The topological polar surface area (TPSA) is 60.0 Å². The van der Waals surface area contributed by atoms with Crippen molar-refractivity contribution >= 4 is 11.9 Å². The highest BCUT2D eigenvalue weighted by Gasteiger charge is 2.27. The van der Waals surface area contributed by atoms with E-state index in [0.717, 1.165) is 49.6 Å². The van der Waals surface area contributed by atoms with Crippen LogP contribution in [0.15, 0.2) is 29.3 Å². The molecule has 2 heterocycles. The molecule has 6 heteroatoms. The average molecular weight is 414 g/mol. The summed E-state index contributed by atoms with van der Waals surface area (Å²) in [6.07, 6.45) is 7.42. The number of amides is 1. The van der Waals surface area contributed by atoms with Crippen LogP contribution in [0.1, 0.15) is 68.3 Å². The van der Waals surface area contributed by atoms with Gasteiger partial charge in [0.1, 0.15) is 0 Å². The lowest BCUT2D eigenvalue weighted by atomic mass is 9.98. The van der Waals surface area contributed by atoms with Crippen molar-refractivity contribution < 1.29 is 4.79 Å². The Labute approximate surface area is 182 Å². The van der Waals surface area contributed by atoms with Crippen LogP contribution >= 0.6 is 0 Å². The van der Waals surface area contributed by atoms with Gasteiger partial charge in [0.05, 0.1) is 0 Å². The van der Waals surface area contributed by atoms with Crippen LogP contribution < -0.4 is 10.6 Å². The predicted octanol–water partition coefficient (Wildman–Crippen LogP) is 3.24. The Hall–Kier alpha value is -2.08. The number of carbonyl (C=O) groups is 1. The van der Waals surface area contributed by atoms with Crippen molar-refractivity contribution in [1.29, 1.82) is 0 Å². The maximum Gasteiger partial charge on any atom is 0.253 e. The molecule has 30 heavy (non-hydrogen) atoms. The lowest BCUT2D eigenvalue weighted by molar-refractivity contribution is 0.0724. The number of rotatable bonds is 6. The highest BCUT2D eigenvalue weighted by Crippen LogP contribution is 2.19. The third-order valence-corrected chi connectivity index (χ3v) is 6.43. The molecule has 0 radical (unpaired) electrons. The molecule has 0 aromatic heterocycles. The number of hydrogen-bond donors (Lipinski definition) is 2. The number of aliphatic imine (C=N–C) groups is 1. The van der Waals surface area contributed by atoms with Gasteiger partial charge in [-0.2, -0.15) is 0 Å². The van der Waals surface area contributed by atoms with Gasteiger partial charge >= 0.3 is 0 Å². The molecule has 0 spiro atoms. The Morgan fingerprint density at radius 1 is 0.933 bits per heavy atom. The van der Waals surface area contributed by atoms with Gasteiger partial charge in [0.2, 0.25) is 0 Å². The second-order valence-electron chi connectivity index (χ2n) is 9.19. The summed E-state index contributed by atoms with van der Waals surface area (Å²) in [5, 5.41) is 6.88. The summed E-state index contributed by atoms with van der Waals surface area (Å²) in [5.41, 5.74) is 2.03. The van der Waals surface area contributed by atoms with Gasteiger partial charge in [-0.15, -0.1) is 0 Å². The number of piperidine rings is 2. The quantitative estimate of drug-likeness (QED) is 0.555. The Morgan fingerprint density at radius 2 is 1.53 bits per heavy atom. The van der Waals surface area contributed by atoms with Crippen molar-refractivity contribution in [2.45, 2.75) is 64.5 Å². The third kappa shape index (κ3) is 6.21. The Kier molecular flexibility index (Phi) is 8.14. The number of likely N-dealkylation sites (tertiary alicyclic amines) is 2. The number of nitrogens with one attached hydrogen (secondary N) is 2. The Morgan fingerprint density at radius 3 is 2.13 bits per heavy atom. The first-order chi connectivity index (χ1) is 14.5. The van der Waals surface area contributed by atoms with E-state index in [2.05, 4.69) is 34.4 Å². The first-order valence-corrected chi connectivity index (χ1v) is 11.6. The highest BCUT2D eigenvalue weighted by molar-refractivity contribution is 5.94. The van der Waals surface area contributed by atoms with E-state index in [4.69, 9.17) is 0 Å². The molecule has 2 saturated heterocycles. The fourth-order valence-corrected chi connectivity index (χ4v) is 4.36. The predicted molar refractivity (Wildman–Crippen MR) is 124 cm³/mol. The standard InChI is InChI=1S/C24H39N5O/c1-24(2,29-16-8-5-9-17-29)19-27-23(25-3)26-18-20-10-12-21(13-11-20)22(30)28-14-6-4-7-15-28/h10-13H,4-9,14-19H2,1-3H3,(H2,25,26,27). The molecular formula is C24H39N5O. The summed E-state index contributed by atoms with van der Waals surface area (Å²) in [5.74, 6) is 0.972. The summed E-state index contributed by atoms with van der Waals surface area (Å²) in [7, 11) is 1.81. The fraction of sp³-hybridized carbons (Fsp3) is 0.667. The van der Waals surface area contributed by atoms with Crippen LogP contribution in [-0.2, 0) is 6.54 Å². The minimum atomic E-state index is 0.106. The number of guanidine groups is 1. The summed E-state index contributed by atoms with van der Waals surface area (Å²) in [6.45, 7) is 10.3. The highest BCUT2D eigenvalue weighted by atomic mass is 16.2. The van der Waals surface area contributed by atoms with Gasteiger partial charge in [-0.1, -0.05) is 18.6 Å². The zero-order chi connectivity index (χ0) is 21.4. The van der Waals surface area contributed by atoms with Crippen molar-refractivity contribution in [3.05, 3.63) is 35.4 Å². The van der Waals surface area contributed by atoms with E-state index in [1.807, 2.05) is 36.2 Å². The van der Waals surface area contributed by atoms with E-state index in [1.54, 1.807) is 0 Å².